The summed E-state index contributed by atoms with van der Waals surface area (Å²) in [5.41, 5.74) is -0.254. The third-order valence-electron chi connectivity index (χ3n) is 3.27. The first-order valence-corrected chi connectivity index (χ1v) is 5.31. The van der Waals surface area contributed by atoms with Gasteiger partial charge in [-0.15, -0.1) is 5.10 Å². The second kappa shape index (κ2) is 4.03. The number of carbonyl (C=O) groups is 1. The molecule has 1 heterocycles. The van der Waals surface area contributed by atoms with Gasteiger partial charge in [-0.2, -0.15) is 0 Å². The van der Waals surface area contributed by atoms with E-state index in [-0.39, 0.29) is 17.7 Å². The molecule has 6 nitrogen and oxygen atoms in total. The molecule has 94 valence electrons. The van der Waals surface area contributed by atoms with Crippen LogP contribution in [0.15, 0.2) is 6.20 Å². The van der Waals surface area contributed by atoms with E-state index in [1.54, 1.807) is 0 Å². The third kappa shape index (κ3) is 2.00. The molecule has 2 N–H and O–H groups in total. The minimum absolute atomic E-state index is 0.0400. The Hall–Kier alpha value is -1.56. The molecule has 0 spiro atoms. The van der Waals surface area contributed by atoms with E-state index >= 15 is 0 Å². The van der Waals surface area contributed by atoms with Gasteiger partial charge in [0, 0.05) is 22.9 Å². The van der Waals surface area contributed by atoms with Gasteiger partial charge < -0.3 is 15.2 Å². The second-order valence-corrected chi connectivity index (χ2v) is 4.73. The van der Waals surface area contributed by atoms with Gasteiger partial charge in [0.15, 0.2) is 0 Å². The first kappa shape index (κ1) is 8.52. The predicted molar refractivity (Wildman–Crippen MR) is 61.7 cm³/mol. The van der Waals surface area contributed by atoms with Crippen molar-refractivity contribution in [2.75, 3.05) is 5.32 Å². The Kier molecular flexibility index (Phi) is 2.02. The fourth-order valence-electron chi connectivity index (χ4n) is 1.81. The summed E-state index contributed by atoms with van der Waals surface area (Å²) in [7, 11) is 0. The number of carbonyl (C=O) groups excluding carboxylic acids is 1. The van der Waals surface area contributed by atoms with Crippen LogP contribution in [0.3, 0.4) is 0 Å². The van der Waals surface area contributed by atoms with Gasteiger partial charge in [-0.1, -0.05) is 13.8 Å². The van der Waals surface area contributed by atoms with Crippen molar-refractivity contribution in [1.29, 1.82) is 0 Å². The van der Waals surface area contributed by atoms with Crippen LogP contribution in [0, 0.1) is 5.41 Å². The maximum atomic E-state index is 10.5. The molecule has 1 amide bonds. The van der Waals surface area contributed by atoms with Crippen molar-refractivity contribution < 1.29 is 18.8 Å². The molecule has 0 radical (unpaired) electrons. The maximum absolute atomic E-state index is 10.5. The molecular formula is C11H17N3O3. The number of aromatic nitrogens is 2. The van der Waals surface area contributed by atoms with Crippen LogP contribution < -0.4 is 10.1 Å². The van der Waals surface area contributed by atoms with Crippen LogP contribution in [-0.2, 0) is 11.8 Å². The number of aryl methyl sites for hydroxylation is 1. The molecule has 1 fully saturated rings. The van der Waals surface area contributed by atoms with E-state index < -0.39 is 18.5 Å². The lowest BCUT2D eigenvalue weighted by Crippen LogP contribution is -2.56. The lowest BCUT2D eigenvalue weighted by molar-refractivity contribution is -0.135. The highest BCUT2D eigenvalue weighted by Gasteiger charge is 2.49. The molecular weight excluding hydrogens is 222 g/mol. The Morgan fingerprint density at radius 2 is 2.59 bits per heavy atom. The van der Waals surface area contributed by atoms with Crippen LogP contribution in [0.1, 0.15) is 24.4 Å². The van der Waals surface area contributed by atoms with Crippen LogP contribution in [0.2, 0.25) is 0 Å². The molecule has 0 aromatic carbocycles. The minimum Gasteiger partial charge on any atom is -0.471 e. The summed E-state index contributed by atoms with van der Waals surface area (Å²) < 4.78 is 28.3. The number of aliphatic hydroxyl groups excluding tert-OH is 1. The lowest BCUT2D eigenvalue weighted by Gasteiger charge is -2.48. The average Bonchev–Trinajstić information content (AvgIpc) is 2.73. The van der Waals surface area contributed by atoms with Gasteiger partial charge in [0.2, 0.25) is 6.41 Å². The Labute approximate surface area is 104 Å². The number of anilines is 1. The minimum atomic E-state index is -2.45. The molecule has 2 unspecified atom stereocenters. The Bertz CT molecular complexity index is 513. The molecule has 1 aromatic rings. The summed E-state index contributed by atoms with van der Waals surface area (Å²) in [5.74, 6) is 0.0400. The van der Waals surface area contributed by atoms with E-state index in [2.05, 4.69) is 10.4 Å². The summed E-state index contributed by atoms with van der Waals surface area (Å²) in [6.07, 6.45) is 1.30. The molecule has 1 aliphatic rings. The molecule has 2 rings (SSSR count). The number of aliphatic hydroxyl groups is 1. The Balaban J connectivity index is 2.22. The van der Waals surface area contributed by atoms with E-state index in [0.717, 1.165) is 4.68 Å². The van der Waals surface area contributed by atoms with Gasteiger partial charge in [0.25, 0.3) is 5.88 Å². The summed E-state index contributed by atoms with van der Waals surface area (Å²) in [6, 6.07) is 0. The zero-order valence-corrected chi connectivity index (χ0v) is 9.67. The molecule has 0 bridgehead atoms. The van der Waals surface area contributed by atoms with Crippen LogP contribution in [0.4, 0.5) is 5.69 Å². The van der Waals surface area contributed by atoms with E-state index in [9.17, 15) is 9.90 Å². The molecule has 1 aromatic heterocycles. The van der Waals surface area contributed by atoms with E-state index in [0.29, 0.717) is 12.8 Å². The molecule has 1 aliphatic carbocycles. The SMILES string of the molecule is [2H]C([2H])([2H])n1cc(NC=O)c(OC2CC(O)C2(C)C)n1. The number of nitrogens with zero attached hydrogens (tertiary/aromatic N) is 2. The fourth-order valence-corrected chi connectivity index (χ4v) is 1.81. The average molecular weight is 242 g/mol. The summed E-state index contributed by atoms with van der Waals surface area (Å²) in [6.45, 7) is 1.24. The monoisotopic (exact) mass is 242 g/mol. The van der Waals surface area contributed by atoms with Crippen molar-refractivity contribution in [3.05, 3.63) is 6.20 Å². The van der Waals surface area contributed by atoms with Crippen LogP contribution in [0.25, 0.3) is 0 Å². The van der Waals surface area contributed by atoms with E-state index in [1.165, 1.54) is 6.20 Å². The zero-order chi connectivity index (χ0) is 15.1. The largest absolute Gasteiger partial charge is 0.471 e. The van der Waals surface area contributed by atoms with Gasteiger partial charge in [0.05, 0.1) is 12.3 Å². The number of hydrogen-bond acceptors (Lipinski definition) is 4. The van der Waals surface area contributed by atoms with Gasteiger partial charge in [-0.3, -0.25) is 9.48 Å². The standard InChI is InChI=1S/C11H17N3O3/c1-11(2)8(16)4-9(11)17-10-7(12-6-15)5-14(3)13-10/h5-6,8-9,16H,4H2,1-3H3,(H,12,15)/i3D3. The van der Waals surface area contributed by atoms with Crippen molar-refractivity contribution in [2.24, 2.45) is 12.4 Å². The topological polar surface area (TPSA) is 76.4 Å². The molecule has 17 heavy (non-hydrogen) atoms. The van der Waals surface area contributed by atoms with E-state index in [1.807, 2.05) is 13.8 Å². The van der Waals surface area contributed by atoms with Crippen LogP contribution in [0.5, 0.6) is 5.88 Å². The molecule has 1 saturated carbocycles. The predicted octanol–water partition coefficient (Wildman–Crippen LogP) is 0.527. The Morgan fingerprint density at radius 1 is 1.82 bits per heavy atom. The number of amides is 1. The highest BCUT2D eigenvalue weighted by molar-refractivity contribution is 5.73. The number of nitrogens with one attached hydrogen (secondary N) is 1. The second-order valence-electron chi connectivity index (χ2n) is 4.73. The molecule has 0 aliphatic heterocycles. The van der Waals surface area contributed by atoms with Crippen molar-refractivity contribution in [1.82, 2.24) is 9.78 Å². The normalized spacial score (nSPS) is 29.5. The van der Waals surface area contributed by atoms with Crippen molar-refractivity contribution in [2.45, 2.75) is 32.5 Å². The van der Waals surface area contributed by atoms with Crippen LogP contribution in [-0.4, -0.2) is 33.5 Å². The Morgan fingerprint density at radius 3 is 3.12 bits per heavy atom. The van der Waals surface area contributed by atoms with Crippen LogP contribution >= 0.6 is 0 Å². The highest BCUT2D eigenvalue weighted by atomic mass is 16.5. The smallest absolute Gasteiger partial charge is 0.257 e. The summed E-state index contributed by atoms with van der Waals surface area (Å²) >= 11 is 0. The first-order valence-electron chi connectivity index (χ1n) is 6.81. The van der Waals surface area contributed by atoms with Gasteiger partial charge in [-0.25, -0.2) is 0 Å². The maximum Gasteiger partial charge on any atom is 0.257 e. The highest BCUT2D eigenvalue weighted by Crippen LogP contribution is 2.43. The number of ether oxygens (including phenoxy) is 1. The summed E-state index contributed by atoms with van der Waals surface area (Å²) in [5, 5.41) is 15.9. The lowest BCUT2D eigenvalue weighted by atomic mass is 9.66. The van der Waals surface area contributed by atoms with Gasteiger partial charge in [0.1, 0.15) is 11.8 Å². The number of rotatable bonds is 4. The van der Waals surface area contributed by atoms with Crippen molar-refractivity contribution in [3.8, 4) is 5.88 Å². The van der Waals surface area contributed by atoms with Crippen molar-refractivity contribution in [3.63, 3.8) is 0 Å². The molecule has 0 saturated heterocycles. The quantitative estimate of drug-likeness (QED) is 0.755. The first-order chi connectivity index (χ1) is 9.16. The molecule has 2 atom stereocenters. The third-order valence-corrected chi connectivity index (χ3v) is 3.27. The fraction of sp³-hybridized carbons (Fsp3) is 0.636. The number of hydrogen-bond donors (Lipinski definition) is 2. The van der Waals surface area contributed by atoms with Crippen molar-refractivity contribution >= 4 is 12.1 Å². The zero-order valence-electron chi connectivity index (χ0n) is 12.7. The van der Waals surface area contributed by atoms with Gasteiger partial charge in [-0.05, 0) is 0 Å². The summed E-state index contributed by atoms with van der Waals surface area (Å²) in [4.78, 5) is 10.5. The van der Waals surface area contributed by atoms with Gasteiger partial charge >= 0.3 is 0 Å². The van der Waals surface area contributed by atoms with E-state index in [4.69, 9.17) is 8.85 Å². The molecule has 6 heteroatoms.